The number of carbonyl (C=O) groups excluding carboxylic acids is 3. The summed E-state index contributed by atoms with van der Waals surface area (Å²) in [6, 6.07) is 7.77. The number of rotatable bonds is 8. The van der Waals surface area contributed by atoms with Crippen LogP contribution in [0.15, 0.2) is 24.3 Å². The Morgan fingerprint density at radius 3 is 2.45 bits per heavy atom. The molecule has 158 valence electrons. The zero-order valence-electron chi connectivity index (χ0n) is 17.5. The van der Waals surface area contributed by atoms with Gasteiger partial charge in [0.25, 0.3) is 0 Å². The van der Waals surface area contributed by atoms with Crippen LogP contribution in [0.4, 0.5) is 0 Å². The summed E-state index contributed by atoms with van der Waals surface area (Å²) in [7, 11) is 5.54. The molecule has 0 radical (unpaired) electrons. The van der Waals surface area contributed by atoms with Crippen molar-refractivity contribution < 1.29 is 19.1 Å². The lowest BCUT2D eigenvalue weighted by Gasteiger charge is -2.25. The number of ether oxygens (including phenoxy) is 1. The molecule has 1 aromatic rings. The van der Waals surface area contributed by atoms with Crippen LogP contribution in [0.5, 0.6) is 5.75 Å². The molecule has 3 amide bonds. The third kappa shape index (κ3) is 4.78. The summed E-state index contributed by atoms with van der Waals surface area (Å²) >= 11 is 0. The van der Waals surface area contributed by atoms with E-state index in [4.69, 9.17) is 4.74 Å². The van der Waals surface area contributed by atoms with Gasteiger partial charge in [0.1, 0.15) is 5.75 Å². The highest BCUT2D eigenvalue weighted by Crippen LogP contribution is 2.37. The molecule has 0 spiro atoms. The Balaban J connectivity index is 1.53. The third-order valence-corrected chi connectivity index (χ3v) is 6.09. The van der Waals surface area contributed by atoms with E-state index >= 15 is 0 Å². The molecular weight excluding hydrogens is 370 g/mol. The summed E-state index contributed by atoms with van der Waals surface area (Å²) in [5, 5.41) is 2.95. The number of hydrogen-bond donors (Lipinski definition) is 1. The zero-order chi connectivity index (χ0) is 21.0. The smallest absolute Gasteiger partial charge is 0.233 e. The molecule has 29 heavy (non-hydrogen) atoms. The molecule has 3 rings (SSSR count). The minimum absolute atomic E-state index is 0.00744. The van der Waals surface area contributed by atoms with Gasteiger partial charge in [-0.05, 0) is 44.6 Å². The van der Waals surface area contributed by atoms with E-state index in [1.54, 1.807) is 7.11 Å². The monoisotopic (exact) mass is 401 g/mol. The molecule has 0 bridgehead atoms. The van der Waals surface area contributed by atoms with Gasteiger partial charge in [0.2, 0.25) is 17.7 Å². The molecule has 1 aliphatic heterocycles. The van der Waals surface area contributed by atoms with Crippen LogP contribution in [0.2, 0.25) is 0 Å². The lowest BCUT2D eigenvalue weighted by atomic mass is 9.81. The van der Waals surface area contributed by atoms with Crippen LogP contribution in [0.3, 0.4) is 0 Å². The Morgan fingerprint density at radius 1 is 1.21 bits per heavy atom. The van der Waals surface area contributed by atoms with Gasteiger partial charge in [0.05, 0.1) is 25.0 Å². The van der Waals surface area contributed by atoms with Gasteiger partial charge in [-0.3, -0.25) is 19.3 Å². The Labute approximate surface area is 172 Å². The van der Waals surface area contributed by atoms with E-state index in [1.165, 1.54) is 4.90 Å². The number of fused-ring (bicyclic) bond motifs is 1. The Kier molecular flexibility index (Phi) is 6.90. The van der Waals surface area contributed by atoms with Gasteiger partial charge >= 0.3 is 0 Å². The molecule has 7 heteroatoms. The van der Waals surface area contributed by atoms with E-state index in [0.717, 1.165) is 37.0 Å². The van der Waals surface area contributed by atoms with Gasteiger partial charge in [-0.25, -0.2) is 0 Å². The second-order valence-corrected chi connectivity index (χ2v) is 8.14. The van der Waals surface area contributed by atoms with Crippen LogP contribution < -0.4 is 10.1 Å². The molecule has 1 saturated heterocycles. The van der Waals surface area contributed by atoms with Gasteiger partial charge in [0, 0.05) is 19.5 Å². The minimum atomic E-state index is -0.162. The quantitative estimate of drug-likeness (QED) is 0.674. The molecule has 7 nitrogen and oxygen atoms in total. The average molecular weight is 402 g/mol. The Hall–Kier alpha value is -2.41. The minimum Gasteiger partial charge on any atom is -0.497 e. The SMILES string of the molecule is COc1cccc([C@H](CNC(=O)CCN2C(=O)[C@H]3CCCC[C@H]3C2=O)N(C)C)c1. The molecule has 0 aromatic heterocycles. The topological polar surface area (TPSA) is 79.0 Å². The Bertz CT molecular complexity index is 740. The van der Waals surface area contributed by atoms with Crippen LogP contribution in [-0.2, 0) is 14.4 Å². The van der Waals surface area contributed by atoms with Crippen molar-refractivity contribution in [2.45, 2.75) is 38.1 Å². The van der Waals surface area contributed by atoms with E-state index in [2.05, 4.69) is 5.32 Å². The number of carbonyl (C=O) groups is 3. The average Bonchev–Trinajstić information content (AvgIpc) is 2.97. The molecular formula is C22H31N3O4. The number of methoxy groups -OCH3 is 1. The molecule has 0 unspecified atom stereocenters. The summed E-state index contributed by atoms with van der Waals surface area (Å²) in [5.41, 5.74) is 1.05. The van der Waals surface area contributed by atoms with Crippen molar-refractivity contribution >= 4 is 17.7 Å². The molecule has 2 fully saturated rings. The molecule has 1 saturated carbocycles. The number of imide groups is 1. The summed E-state index contributed by atoms with van der Waals surface area (Å²) in [6.45, 7) is 0.606. The van der Waals surface area contributed by atoms with Crippen molar-refractivity contribution in [1.82, 2.24) is 15.1 Å². The van der Waals surface area contributed by atoms with E-state index in [-0.39, 0.29) is 48.6 Å². The van der Waals surface area contributed by atoms with Crippen molar-refractivity contribution in [3.05, 3.63) is 29.8 Å². The predicted molar refractivity (Wildman–Crippen MR) is 109 cm³/mol. The molecule has 2 aliphatic rings. The highest BCUT2D eigenvalue weighted by molar-refractivity contribution is 6.05. The maximum atomic E-state index is 12.5. The third-order valence-electron chi connectivity index (χ3n) is 6.09. The first-order valence-electron chi connectivity index (χ1n) is 10.3. The van der Waals surface area contributed by atoms with Gasteiger partial charge in [-0.1, -0.05) is 25.0 Å². The number of likely N-dealkylation sites (N-methyl/N-ethyl adjacent to an activating group) is 1. The fraction of sp³-hybridized carbons (Fsp3) is 0.591. The standard InChI is InChI=1S/C22H31N3O4/c1-24(2)19(15-7-6-8-16(13-15)29-3)14-23-20(26)11-12-25-21(27)17-9-4-5-10-18(17)22(25)28/h6-8,13,17-19H,4-5,9-12,14H2,1-3H3,(H,23,26)/t17-,18+,19-/m0/s1. The van der Waals surface area contributed by atoms with Gasteiger partial charge in [-0.15, -0.1) is 0 Å². The molecule has 1 heterocycles. The fourth-order valence-corrected chi connectivity index (χ4v) is 4.41. The van der Waals surface area contributed by atoms with E-state index in [0.29, 0.717) is 6.54 Å². The number of nitrogens with one attached hydrogen (secondary N) is 1. The van der Waals surface area contributed by atoms with E-state index < -0.39 is 0 Å². The number of amides is 3. The highest BCUT2D eigenvalue weighted by atomic mass is 16.5. The van der Waals surface area contributed by atoms with Gasteiger partial charge in [0.15, 0.2) is 0 Å². The highest BCUT2D eigenvalue weighted by Gasteiger charge is 2.47. The van der Waals surface area contributed by atoms with Crippen molar-refractivity contribution in [3.63, 3.8) is 0 Å². The summed E-state index contributed by atoms with van der Waals surface area (Å²) in [5.74, 6) is 0.115. The van der Waals surface area contributed by atoms with Crippen molar-refractivity contribution in [2.75, 3.05) is 34.3 Å². The number of hydrogen-bond acceptors (Lipinski definition) is 5. The summed E-state index contributed by atoms with van der Waals surface area (Å²) < 4.78 is 5.29. The molecule has 1 aromatic carbocycles. The summed E-state index contributed by atoms with van der Waals surface area (Å²) in [4.78, 5) is 40.8. The second-order valence-electron chi connectivity index (χ2n) is 8.14. The molecule has 3 atom stereocenters. The van der Waals surface area contributed by atoms with Crippen molar-refractivity contribution in [3.8, 4) is 5.75 Å². The number of benzene rings is 1. The van der Waals surface area contributed by atoms with Crippen molar-refractivity contribution in [1.29, 1.82) is 0 Å². The Morgan fingerprint density at radius 2 is 1.86 bits per heavy atom. The predicted octanol–water partition coefficient (Wildman–Crippen LogP) is 1.98. The maximum absolute atomic E-state index is 12.5. The van der Waals surface area contributed by atoms with Gasteiger partial charge in [-0.2, -0.15) is 0 Å². The first-order chi connectivity index (χ1) is 13.9. The maximum Gasteiger partial charge on any atom is 0.233 e. The summed E-state index contributed by atoms with van der Waals surface area (Å²) in [6.07, 6.45) is 3.73. The lowest BCUT2D eigenvalue weighted by molar-refractivity contribution is -0.140. The van der Waals surface area contributed by atoms with Gasteiger partial charge < -0.3 is 15.0 Å². The lowest BCUT2D eigenvalue weighted by Crippen LogP contribution is -2.38. The first-order valence-corrected chi connectivity index (χ1v) is 10.3. The van der Waals surface area contributed by atoms with E-state index in [9.17, 15) is 14.4 Å². The van der Waals surface area contributed by atoms with Crippen LogP contribution >= 0.6 is 0 Å². The number of likely N-dealkylation sites (tertiary alicyclic amines) is 1. The zero-order valence-corrected chi connectivity index (χ0v) is 17.5. The van der Waals surface area contributed by atoms with E-state index in [1.807, 2.05) is 43.3 Å². The largest absolute Gasteiger partial charge is 0.497 e. The number of nitrogens with zero attached hydrogens (tertiary/aromatic N) is 2. The van der Waals surface area contributed by atoms with Crippen LogP contribution in [-0.4, -0.2) is 61.8 Å². The molecule has 1 aliphatic carbocycles. The van der Waals surface area contributed by atoms with Crippen molar-refractivity contribution in [2.24, 2.45) is 11.8 Å². The van der Waals surface area contributed by atoms with Crippen LogP contribution in [0.1, 0.15) is 43.7 Å². The fourth-order valence-electron chi connectivity index (χ4n) is 4.41. The van der Waals surface area contributed by atoms with Crippen LogP contribution in [0, 0.1) is 11.8 Å². The molecule has 1 N–H and O–H groups in total. The normalized spacial score (nSPS) is 22.6. The first kappa shape index (κ1) is 21.3. The second kappa shape index (κ2) is 9.39. The van der Waals surface area contributed by atoms with Crippen LogP contribution in [0.25, 0.3) is 0 Å².